The lowest BCUT2D eigenvalue weighted by atomic mass is 9.95. The third-order valence-corrected chi connectivity index (χ3v) is 8.86. The number of fused-ring (bicyclic) bond motifs is 1. The number of rotatable bonds is 10. The first-order valence-electron chi connectivity index (χ1n) is 13.6. The monoisotopic (exact) mass is 573 g/mol. The molecule has 0 aliphatic heterocycles. The summed E-state index contributed by atoms with van der Waals surface area (Å²) in [6.45, 7) is 0. The van der Waals surface area contributed by atoms with Crippen molar-refractivity contribution in [3.05, 3.63) is 59.9 Å². The molecule has 11 heteroatoms. The zero-order valence-electron chi connectivity index (χ0n) is 22.8. The molecule has 0 amide bonds. The van der Waals surface area contributed by atoms with E-state index >= 15 is 0 Å². The molecule has 0 spiro atoms. The maximum atomic E-state index is 13.4. The van der Waals surface area contributed by atoms with Crippen molar-refractivity contribution in [3.63, 3.8) is 0 Å². The molecule has 212 valence electrons. The van der Waals surface area contributed by atoms with Crippen LogP contribution >= 0.6 is 0 Å². The van der Waals surface area contributed by atoms with E-state index in [1.54, 1.807) is 24.5 Å². The zero-order chi connectivity index (χ0) is 28.5. The number of nitrogens with one attached hydrogen (secondary N) is 2. The van der Waals surface area contributed by atoms with E-state index in [1.807, 2.05) is 24.3 Å². The summed E-state index contributed by atoms with van der Waals surface area (Å²) < 4.78 is 27.2. The van der Waals surface area contributed by atoms with E-state index in [9.17, 15) is 14.1 Å². The van der Waals surface area contributed by atoms with E-state index in [0.717, 1.165) is 55.0 Å². The fraction of sp³-hybridized carbons (Fsp3) is 0.333. The maximum Gasteiger partial charge on any atom is 0.335 e. The Bertz CT molecular complexity index is 1650. The standard InChI is InChI=1S/C30H31N5O5S/c1-39-28-24(15-32-30(34-28)40-2)18-7-10-23-25(14-18)31-16-26(41(38)35-21-8-9-21)27(23)33-22-12-19(17-5-3-4-6-17)11-20(13-22)29(36)37/h7,10-17,21,35H,3-6,8-9H2,1-2H3,(H,31,33)(H,36,37). The lowest BCUT2D eigenvalue weighted by Crippen LogP contribution is -2.20. The minimum atomic E-state index is -1.51. The molecular weight excluding hydrogens is 542 g/mol. The lowest BCUT2D eigenvalue weighted by molar-refractivity contribution is 0.0696. The van der Waals surface area contributed by atoms with Crippen LogP contribution in [0.15, 0.2) is 53.7 Å². The summed E-state index contributed by atoms with van der Waals surface area (Å²) in [4.78, 5) is 25.7. The number of carbonyl (C=O) groups is 1. The average Bonchev–Trinajstić information content (AvgIpc) is 3.63. The number of benzene rings is 2. The Morgan fingerprint density at radius 3 is 2.51 bits per heavy atom. The minimum absolute atomic E-state index is 0.201. The van der Waals surface area contributed by atoms with E-state index in [4.69, 9.17) is 9.47 Å². The third-order valence-electron chi connectivity index (χ3n) is 7.60. The van der Waals surface area contributed by atoms with Gasteiger partial charge in [0.05, 0.1) is 41.4 Å². The molecule has 2 aromatic carbocycles. The van der Waals surface area contributed by atoms with Crippen LogP contribution < -0.4 is 19.5 Å². The van der Waals surface area contributed by atoms with Gasteiger partial charge >= 0.3 is 12.0 Å². The van der Waals surface area contributed by atoms with Gasteiger partial charge in [-0.25, -0.2) is 18.7 Å². The van der Waals surface area contributed by atoms with Crippen LogP contribution in [0, 0.1) is 0 Å². The highest BCUT2D eigenvalue weighted by Gasteiger charge is 2.26. The molecule has 0 saturated heterocycles. The maximum absolute atomic E-state index is 13.4. The summed E-state index contributed by atoms with van der Waals surface area (Å²) in [6, 6.07) is 11.5. The molecule has 6 rings (SSSR count). The molecule has 2 aliphatic rings. The summed E-state index contributed by atoms with van der Waals surface area (Å²) in [5, 5.41) is 14.0. The Balaban J connectivity index is 1.45. The van der Waals surface area contributed by atoms with E-state index in [1.165, 1.54) is 14.2 Å². The van der Waals surface area contributed by atoms with Crippen molar-refractivity contribution in [1.29, 1.82) is 0 Å². The quantitative estimate of drug-likeness (QED) is 0.222. The highest BCUT2D eigenvalue weighted by atomic mass is 32.2. The Morgan fingerprint density at radius 1 is 1.00 bits per heavy atom. The smallest absolute Gasteiger partial charge is 0.335 e. The van der Waals surface area contributed by atoms with Gasteiger partial charge in [0.1, 0.15) is 11.0 Å². The highest BCUT2D eigenvalue weighted by Crippen LogP contribution is 2.39. The van der Waals surface area contributed by atoms with E-state index in [-0.39, 0.29) is 17.6 Å². The minimum Gasteiger partial charge on any atom is -0.480 e. The van der Waals surface area contributed by atoms with Crippen LogP contribution in [-0.2, 0) is 11.0 Å². The number of methoxy groups -OCH3 is 2. The topological polar surface area (TPSA) is 136 Å². The van der Waals surface area contributed by atoms with Crippen LogP contribution in [0.1, 0.15) is 60.4 Å². The number of aromatic carboxylic acids is 1. The molecule has 0 radical (unpaired) electrons. The average molecular weight is 574 g/mol. The summed E-state index contributed by atoms with van der Waals surface area (Å²) in [5.74, 6) is -0.281. The molecular formula is C30H31N5O5S. The molecule has 1 unspecified atom stereocenters. The second-order valence-corrected chi connectivity index (χ2v) is 11.6. The molecule has 2 aliphatic carbocycles. The first-order chi connectivity index (χ1) is 19.9. The fourth-order valence-corrected chi connectivity index (χ4v) is 6.48. The summed E-state index contributed by atoms with van der Waals surface area (Å²) in [7, 11) is 1.52. The van der Waals surface area contributed by atoms with Gasteiger partial charge in [-0.1, -0.05) is 25.0 Å². The van der Waals surface area contributed by atoms with Gasteiger partial charge in [0.2, 0.25) is 5.88 Å². The fourth-order valence-electron chi connectivity index (χ4n) is 5.32. The van der Waals surface area contributed by atoms with Crippen LogP contribution in [0.2, 0.25) is 0 Å². The van der Waals surface area contributed by atoms with E-state index in [0.29, 0.717) is 39.1 Å². The number of anilines is 2. The highest BCUT2D eigenvalue weighted by molar-refractivity contribution is 7.83. The van der Waals surface area contributed by atoms with Gasteiger partial charge in [-0.15, -0.1) is 0 Å². The van der Waals surface area contributed by atoms with E-state index in [2.05, 4.69) is 25.0 Å². The molecule has 2 heterocycles. The number of carboxylic acid groups (broad SMARTS) is 1. The largest absolute Gasteiger partial charge is 0.480 e. The normalized spacial score (nSPS) is 16.0. The van der Waals surface area contributed by atoms with Crippen molar-refractivity contribution in [2.24, 2.45) is 0 Å². The van der Waals surface area contributed by atoms with Crippen molar-refractivity contribution in [2.45, 2.75) is 55.4 Å². The number of pyridine rings is 1. The second-order valence-electron chi connectivity index (χ2n) is 10.4. The van der Waals surface area contributed by atoms with Gasteiger partial charge in [-0.05, 0) is 67.0 Å². The molecule has 4 aromatic rings. The Morgan fingerprint density at radius 2 is 1.80 bits per heavy atom. The number of ether oxygens (including phenoxy) is 2. The molecule has 10 nitrogen and oxygen atoms in total. The van der Waals surface area contributed by atoms with Crippen molar-refractivity contribution in [3.8, 4) is 23.0 Å². The van der Waals surface area contributed by atoms with E-state index < -0.39 is 17.0 Å². The Hall–Kier alpha value is -4.09. The van der Waals surface area contributed by atoms with Gasteiger partial charge in [0.25, 0.3) is 0 Å². The number of aromatic nitrogens is 3. The summed E-state index contributed by atoms with van der Waals surface area (Å²) >= 11 is 0. The molecule has 1 atom stereocenters. The molecule has 0 bridgehead atoms. The van der Waals surface area contributed by atoms with Crippen LogP contribution in [0.25, 0.3) is 22.0 Å². The van der Waals surface area contributed by atoms with Crippen molar-refractivity contribution < 1.29 is 23.6 Å². The Kier molecular flexibility index (Phi) is 7.55. The second kappa shape index (κ2) is 11.4. The van der Waals surface area contributed by atoms with Gasteiger partial charge in [0, 0.05) is 29.5 Å². The zero-order valence-corrected chi connectivity index (χ0v) is 23.7. The van der Waals surface area contributed by atoms with Gasteiger partial charge in [-0.3, -0.25) is 4.98 Å². The first kappa shape index (κ1) is 27.1. The molecule has 2 fully saturated rings. The van der Waals surface area contributed by atoms with Crippen molar-refractivity contribution in [2.75, 3.05) is 19.5 Å². The molecule has 2 aromatic heterocycles. The first-order valence-corrected chi connectivity index (χ1v) is 14.8. The summed E-state index contributed by atoms with van der Waals surface area (Å²) in [6.07, 6.45) is 9.58. The number of hydrogen-bond acceptors (Lipinski definition) is 8. The lowest BCUT2D eigenvalue weighted by Gasteiger charge is -2.18. The van der Waals surface area contributed by atoms with Crippen LogP contribution in [-0.4, -0.2) is 50.5 Å². The summed E-state index contributed by atoms with van der Waals surface area (Å²) in [5.41, 5.74) is 4.60. The predicted octanol–water partition coefficient (Wildman–Crippen LogP) is 5.58. The SMILES string of the molecule is COc1ncc(-c2ccc3c(Nc4cc(C(=O)O)cc(C5CCCC5)c4)c(S(=O)NC4CC4)cnc3c2)c(OC)n1. The van der Waals surface area contributed by atoms with Gasteiger partial charge in [0.15, 0.2) is 0 Å². The van der Waals surface area contributed by atoms with Crippen molar-refractivity contribution in [1.82, 2.24) is 19.7 Å². The number of nitrogens with zero attached hydrogens (tertiary/aromatic N) is 3. The van der Waals surface area contributed by atoms with Crippen LogP contribution in [0.3, 0.4) is 0 Å². The predicted molar refractivity (Wildman–Crippen MR) is 156 cm³/mol. The van der Waals surface area contributed by atoms with Gasteiger partial charge < -0.3 is 19.9 Å². The van der Waals surface area contributed by atoms with Crippen molar-refractivity contribution >= 4 is 39.2 Å². The molecule has 41 heavy (non-hydrogen) atoms. The number of carboxylic acids is 1. The van der Waals surface area contributed by atoms with Gasteiger partial charge in [-0.2, -0.15) is 4.98 Å². The van der Waals surface area contributed by atoms with Crippen LogP contribution in [0.4, 0.5) is 11.4 Å². The van der Waals surface area contributed by atoms with Crippen LogP contribution in [0.5, 0.6) is 11.9 Å². The number of hydrogen-bond donors (Lipinski definition) is 3. The molecule has 3 N–H and O–H groups in total. The Labute approximate surface area is 240 Å². The molecule has 2 saturated carbocycles. The third kappa shape index (κ3) is 5.73.